The van der Waals surface area contributed by atoms with Gasteiger partial charge in [0.05, 0.1) is 16.3 Å². The largest absolute Gasteiger partial charge is 0.417 e. The van der Waals surface area contributed by atoms with Crippen LogP contribution < -0.4 is 0 Å². The SMILES string of the molecule is CCc1nnc(Cl)n1-c1ccc(Cl)c(C(F)(F)F)c1. The fourth-order valence-electron chi connectivity index (χ4n) is 1.65. The van der Waals surface area contributed by atoms with Gasteiger partial charge in [0.2, 0.25) is 5.28 Å². The second kappa shape index (κ2) is 5.02. The molecule has 1 aromatic carbocycles. The van der Waals surface area contributed by atoms with Crippen LogP contribution in [0.3, 0.4) is 0 Å². The van der Waals surface area contributed by atoms with E-state index in [-0.39, 0.29) is 16.0 Å². The summed E-state index contributed by atoms with van der Waals surface area (Å²) in [5.41, 5.74) is -0.693. The van der Waals surface area contributed by atoms with E-state index in [1.807, 2.05) is 0 Å². The lowest BCUT2D eigenvalue weighted by atomic mass is 10.2. The quantitative estimate of drug-likeness (QED) is 0.834. The zero-order chi connectivity index (χ0) is 14.2. The molecule has 19 heavy (non-hydrogen) atoms. The summed E-state index contributed by atoms with van der Waals surface area (Å²) >= 11 is 11.4. The highest BCUT2D eigenvalue weighted by Gasteiger charge is 2.33. The predicted molar refractivity (Wildman–Crippen MR) is 65.8 cm³/mol. The van der Waals surface area contributed by atoms with Crippen LogP contribution in [0, 0.1) is 0 Å². The zero-order valence-corrected chi connectivity index (χ0v) is 11.2. The molecule has 0 aliphatic rings. The standard InChI is InChI=1S/C11H8Cl2F3N3/c1-2-9-17-18-10(13)19(9)6-3-4-8(12)7(5-6)11(14,15)16/h3-5H,2H2,1H3. The molecule has 0 aliphatic carbocycles. The van der Waals surface area contributed by atoms with Crippen molar-refractivity contribution in [1.82, 2.24) is 14.8 Å². The Balaban J connectivity index is 2.61. The molecule has 0 radical (unpaired) electrons. The highest BCUT2D eigenvalue weighted by atomic mass is 35.5. The Morgan fingerprint density at radius 2 is 1.89 bits per heavy atom. The smallest absolute Gasteiger partial charge is 0.270 e. The van der Waals surface area contributed by atoms with Crippen LogP contribution in [-0.4, -0.2) is 14.8 Å². The predicted octanol–water partition coefficient (Wildman–Crippen LogP) is 4.16. The summed E-state index contributed by atoms with van der Waals surface area (Å²) in [5, 5.41) is 7.08. The fraction of sp³-hybridized carbons (Fsp3) is 0.273. The zero-order valence-electron chi connectivity index (χ0n) is 9.67. The molecule has 0 fully saturated rings. The van der Waals surface area contributed by atoms with Gasteiger partial charge in [-0.05, 0) is 29.8 Å². The molecule has 0 bridgehead atoms. The van der Waals surface area contributed by atoms with Gasteiger partial charge in [0, 0.05) is 6.42 Å². The lowest BCUT2D eigenvalue weighted by Crippen LogP contribution is -2.08. The average Bonchev–Trinajstić information content (AvgIpc) is 2.70. The number of alkyl halides is 3. The van der Waals surface area contributed by atoms with E-state index in [1.54, 1.807) is 6.92 Å². The Labute approximate surface area is 117 Å². The van der Waals surface area contributed by atoms with Gasteiger partial charge in [-0.2, -0.15) is 13.2 Å². The molecule has 0 saturated heterocycles. The molecular formula is C11H8Cl2F3N3. The Hall–Kier alpha value is -1.27. The van der Waals surface area contributed by atoms with E-state index in [2.05, 4.69) is 10.2 Å². The van der Waals surface area contributed by atoms with E-state index in [1.165, 1.54) is 16.7 Å². The lowest BCUT2D eigenvalue weighted by molar-refractivity contribution is -0.137. The molecule has 0 aliphatic heterocycles. The van der Waals surface area contributed by atoms with Gasteiger partial charge in [0.1, 0.15) is 5.82 Å². The molecule has 1 aromatic heterocycles. The van der Waals surface area contributed by atoms with E-state index < -0.39 is 11.7 Å². The molecule has 1 heterocycles. The minimum Gasteiger partial charge on any atom is -0.270 e. The fourth-order valence-corrected chi connectivity index (χ4v) is 2.11. The normalized spacial score (nSPS) is 11.9. The maximum absolute atomic E-state index is 12.8. The van der Waals surface area contributed by atoms with Crippen molar-refractivity contribution in [3.05, 3.63) is 39.9 Å². The first-order valence-electron chi connectivity index (χ1n) is 5.31. The Bertz CT molecular complexity index is 608. The molecule has 102 valence electrons. The number of nitrogens with zero attached hydrogens (tertiary/aromatic N) is 3. The molecule has 2 rings (SSSR count). The summed E-state index contributed by atoms with van der Waals surface area (Å²) in [6.07, 6.45) is -4.04. The van der Waals surface area contributed by atoms with Gasteiger partial charge in [-0.25, -0.2) is 0 Å². The van der Waals surface area contributed by atoms with Crippen LogP contribution in [0.1, 0.15) is 18.3 Å². The van der Waals surface area contributed by atoms with Crippen LogP contribution in [0.25, 0.3) is 5.69 Å². The van der Waals surface area contributed by atoms with Crippen LogP contribution in [0.15, 0.2) is 18.2 Å². The van der Waals surface area contributed by atoms with E-state index in [0.717, 1.165) is 6.07 Å². The number of aromatic nitrogens is 3. The monoisotopic (exact) mass is 309 g/mol. The molecule has 0 amide bonds. The Morgan fingerprint density at radius 1 is 1.21 bits per heavy atom. The van der Waals surface area contributed by atoms with Gasteiger partial charge >= 0.3 is 6.18 Å². The topological polar surface area (TPSA) is 30.7 Å². The minimum absolute atomic E-state index is 0.00676. The van der Waals surface area contributed by atoms with Crippen LogP contribution in [-0.2, 0) is 12.6 Å². The van der Waals surface area contributed by atoms with Crippen molar-refractivity contribution >= 4 is 23.2 Å². The first-order valence-corrected chi connectivity index (χ1v) is 6.07. The van der Waals surface area contributed by atoms with Gasteiger partial charge in [-0.3, -0.25) is 4.57 Å². The summed E-state index contributed by atoms with van der Waals surface area (Å²) in [4.78, 5) is 0. The second-order valence-corrected chi connectivity index (χ2v) is 4.48. The van der Waals surface area contributed by atoms with Crippen molar-refractivity contribution < 1.29 is 13.2 Å². The van der Waals surface area contributed by atoms with Crippen LogP contribution in [0.5, 0.6) is 0 Å². The van der Waals surface area contributed by atoms with Gasteiger partial charge in [0.25, 0.3) is 0 Å². The maximum atomic E-state index is 12.8. The van der Waals surface area contributed by atoms with Crippen molar-refractivity contribution in [2.24, 2.45) is 0 Å². The first-order chi connectivity index (χ1) is 8.84. The summed E-state index contributed by atoms with van der Waals surface area (Å²) < 4.78 is 39.7. The highest BCUT2D eigenvalue weighted by molar-refractivity contribution is 6.31. The number of rotatable bonds is 2. The molecule has 0 spiro atoms. The van der Waals surface area contributed by atoms with Gasteiger partial charge in [-0.15, -0.1) is 10.2 Å². The minimum atomic E-state index is -4.53. The van der Waals surface area contributed by atoms with E-state index in [0.29, 0.717) is 12.2 Å². The molecule has 3 nitrogen and oxygen atoms in total. The molecule has 0 N–H and O–H groups in total. The maximum Gasteiger partial charge on any atom is 0.417 e. The number of aryl methyl sites for hydroxylation is 1. The first kappa shape index (κ1) is 14.1. The van der Waals surface area contributed by atoms with Crippen molar-refractivity contribution in [2.75, 3.05) is 0 Å². The molecule has 8 heteroatoms. The molecular weight excluding hydrogens is 302 g/mol. The highest BCUT2D eigenvalue weighted by Crippen LogP contribution is 2.36. The van der Waals surface area contributed by atoms with Crippen LogP contribution in [0.4, 0.5) is 13.2 Å². The van der Waals surface area contributed by atoms with Crippen molar-refractivity contribution in [3.63, 3.8) is 0 Å². The van der Waals surface area contributed by atoms with Crippen molar-refractivity contribution in [1.29, 1.82) is 0 Å². The second-order valence-electron chi connectivity index (χ2n) is 3.74. The Morgan fingerprint density at radius 3 is 2.47 bits per heavy atom. The van der Waals surface area contributed by atoms with Gasteiger partial charge in [0.15, 0.2) is 0 Å². The summed E-state index contributed by atoms with van der Waals surface area (Å²) in [6, 6.07) is 3.54. The summed E-state index contributed by atoms with van der Waals surface area (Å²) in [7, 11) is 0. The van der Waals surface area contributed by atoms with Gasteiger partial charge < -0.3 is 0 Å². The average molecular weight is 310 g/mol. The molecule has 0 atom stereocenters. The number of hydrogen-bond acceptors (Lipinski definition) is 2. The van der Waals surface area contributed by atoms with Gasteiger partial charge in [-0.1, -0.05) is 18.5 Å². The van der Waals surface area contributed by atoms with E-state index in [9.17, 15) is 13.2 Å². The van der Waals surface area contributed by atoms with E-state index >= 15 is 0 Å². The van der Waals surface area contributed by atoms with Crippen molar-refractivity contribution in [3.8, 4) is 5.69 Å². The third-order valence-electron chi connectivity index (χ3n) is 2.52. The van der Waals surface area contributed by atoms with Crippen LogP contribution in [0.2, 0.25) is 10.3 Å². The molecule has 2 aromatic rings. The third kappa shape index (κ3) is 2.69. The lowest BCUT2D eigenvalue weighted by Gasteiger charge is -2.12. The van der Waals surface area contributed by atoms with Crippen molar-refractivity contribution in [2.45, 2.75) is 19.5 Å². The summed E-state index contributed by atoms with van der Waals surface area (Å²) in [5.74, 6) is 0.473. The Kier molecular flexibility index (Phi) is 3.73. The molecule has 0 unspecified atom stereocenters. The van der Waals surface area contributed by atoms with E-state index in [4.69, 9.17) is 23.2 Å². The number of hydrogen-bond donors (Lipinski definition) is 0. The third-order valence-corrected chi connectivity index (χ3v) is 3.09. The summed E-state index contributed by atoms with van der Waals surface area (Å²) in [6.45, 7) is 1.80. The number of benzene rings is 1. The van der Waals surface area contributed by atoms with Crippen LogP contribution >= 0.6 is 23.2 Å². The molecule has 0 saturated carbocycles. The number of halogens is 5.